The van der Waals surface area contributed by atoms with E-state index in [1.165, 1.54) is 11.1 Å². The molecule has 0 aliphatic carbocycles. The van der Waals surface area contributed by atoms with Crippen molar-refractivity contribution in [3.63, 3.8) is 0 Å². The number of hydrogen-bond donors (Lipinski definition) is 0. The molecule has 1 aromatic rings. The molecule has 1 atom stereocenters. The van der Waals surface area contributed by atoms with Gasteiger partial charge in [-0.1, -0.05) is 0 Å². The fraction of sp³-hybridized carbons (Fsp3) is 0.684. The van der Waals surface area contributed by atoms with Crippen LogP contribution in [-0.4, -0.2) is 66.2 Å². The molecule has 4 rings (SSSR count). The summed E-state index contributed by atoms with van der Waals surface area (Å²) >= 11 is 0. The Morgan fingerprint density at radius 3 is 2.96 bits per heavy atom. The van der Waals surface area contributed by atoms with Crippen molar-refractivity contribution in [2.24, 2.45) is 0 Å². The molecule has 0 bridgehead atoms. The number of fused-ring (bicyclic) bond motifs is 1. The molecule has 0 N–H and O–H groups in total. The van der Waals surface area contributed by atoms with Gasteiger partial charge in [-0.15, -0.1) is 0 Å². The smallest absolute Gasteiger partial charge is 0.248 e. The molecule has 6 nitrogen and oxygen atoms in total. The molecule has 0 saturated carbocycles. The average molecular weight is 345 g/mol. The van der Waals surface area contributed by atoms with Crippen LogP contribution in [0.3, 0.4) is 0 Å². The molecule has 0 spiro atoms. The van der Waals surface area contributed by atoms with E-state index in [1.54, 1.807) is 0 Å². The van der Waals surface area contributed by atoms with Crippen molar-refractivity contribution in [1.82, 2.24) is 14.8 Å². The van der Waals surface area contributed by atoms with E-state index in [9.17, 15) is 4.79 Å². The van der Waals surface area contributed by atoms with Gasteiger partial charge >= 0.3 is 0 Å². The van der Waals surface area contributed by atoms with E-state index in [1.807, 2.05) is 17.3 Å². The van der Waals surface area contributed by atoms with E-state index in [-0.39, 0.29) is 12.5 Å². The van der Waals surface area contributed by atoms with Crippen LogP contribution >= 0.6 is 0 Å². The standard InChI is InChI=1S/C19H27N3O3/c23-19(21-5-1-2-6-21)14-25-12-16-10-20-9-15-11-22(7-3-18(15)16)17-4-8-24-13-17/h9-10,17H,1-8,11-14H2/t17-/m0/s1. The van der Waals surface area contributed by atoms with Crippen molar-refractivity contribution in [3.05, 3.63) is 29.1 Å². The van der Waals surface area contributed by atoms with Crippen LogP contribution < -0.4 is 0 Å². The van der Waals surface area contributed by atoms with Gasteiger partial charge in [0.05, 0.1) is 13.2 Å². The predicted octanol–water partition coefficient (Wildman–Crippen LogP) is 1.37. The highest BCUT2D eigenvalue weighted by Gasteiger charge is 2.27. The second-order valence-corrected chi connectivity index (χ2v) is 7.25. The van der Waals surface area contributed by atoms with Gasteiger partial charge in [0, 0.05) is 51.2 Å². The zero-order chi connectivity index (χ0) is 17.1. The maximum absolute atomic E-state index is 12.1. The maximum atomic E-state index is 12.1. The minimum absolute atomic E-state index is 0.114. The molecule has 136 valence electrons. The van der Waals surface area contributed by atoms with Gasteiger partial charge in [-0.05, 0) is 42.4 Å². The highest BCUT2D eigenvalue weighted by atomic mass is 16.5. The van der Waals surface area contributed by atoms with E-state index < -0.39 is 0 Å². The lowest BCUT2D eigenvalue weighted by atomic mass is 9.96. The van der Waals surface area contributed by atoms with Gasteiger partial charge in [-0.2, -0.15) is 0 Å². The van der Waals surface area contributed by atoms with Crippen molar-refractivity contribution in [2.45, 2.75) is 44.9 Å². The first kappa shape index (κ1) is 16.9. The Kier molecular flexibility index (Phi) is 5.29. The third kappa shape index (κ3) is 3.86. The van der Waals surface area contributed by atoms with Crippen molar-refractivity contribution in [1.29, 1.82) is 0 Å². The second kappa shape index (κ2) is 7.81. The van der Waals surface area contributed by atoms with Crippen LogP contribution in [-0.2, 0) is 33.8 Å². The normalized spacial score (nSPS) is 23.8. The highest BCUT2D eigenvalue weighted by molar-refractivity contribution is 5.77. The Balaban J connectivity index is 1.34. The molecule has 25 heavy (non-hydrogen) atoms. The van der Waals surface area contributed by atoms with Crippen molar-refractivity contribution in [2.75, 3.05) is 39.5 Å². The molecule has 0 aromatic carbocycles. The van der Waals surface area contributed by atoms with Gasteiger partial charge in [-0.25, -0.2) is 0 Å². The zero-order valence-electron chi connectivity index (χ0n) is 14.8. The Hall–Kier alpha value is -1.50. The second-order valence-electron chi connectivity index (χ2n) is 7.25. The summed E-state index contributed by atoms with van der Waals surface area (Å²) in [5, 5.41) is 0. The number of carbonyl (C=O) groups excluding carboxylic acids is 1. The lowest BCUT2D eigenvalue weighted by molar-refractivity contribution is -0.135. The molecule has 1 amide bonds. The minimum Gasteiger partial charge on any atom is -0.380 e. The van der Waals surface area contributed by atoms with Gasteiger partial charge in [0.15, 0.2) is 0 Å². The number of hydrogen-bond acceptors (Lipinski definition) is 5. The van der Waals surface area contributed by atoms with Crippen molar-refractivity contribution >= 4 is 5.91 Å². The largest absolute Gasteiger partial charge is 0.380 e. The van der Waals surface area contributed by atoms with Gasteiger partial charge < -0.3 is 14.4 Å². The van der Waals surface area contributed by atoms with Crippen LogP contribution in [0.2, 0.25) is 0 Å². The first-order valence-corrected chi connectivity index (χ1v) is 9.43. The number of ether oxygens (including phenoxy) is 2. The van der Waals surface area contributed by atoms with Crippen LogP contribution in [0.15, 0.2) is 12.4 Å². The van der Waals surface area contributed by atoms with Crippen LogP contribution in [0.1, 0.15) is 36.0 Å². The molecule has 6 heteroatoms. The number of rotatable bonds is 5. The summed E-state index contributed by atoms with van der Waals surface area (Å²) in [5.74, 6) is 0.114. The number of carbonyl (C=O) groups is 1. The number of amides is 1. The number of likely N-dealkylation sites (tertiary alicyclic amines) is 1. The van der Waals surface area contributed by atoms with Crippen LogP contribution in [0.5, 0.6) is 0 Å². The van der Waals surface area contributed by atoms with Crippen LogP contribution in [0.4, 0.5) is 0 Å². The summed E-state index contributed by atoms with van der Waals surface area (Å²) in [6.45, 7) is 6.14. The van der Waals surface area contributed by atoms with E-state index >= 15 is 0 Å². The Labute approximate surface area is 149 Å². The lowest BCUT2D eigenvalue weighted by Gasteiger charge is -2.33. The van der Waals surface area contributed by atoms with E-state index in [4.69, 9.17) is 9.47 Å². The summed E-state index contributed by atoms with van der Waals surface area (Å²) in [6.07, 6.45) is 8.26. The first-order chi connectivity index (χ1) is 12.3. The van der Waals surface area contributed by atoms with Crippen molar-refractivity contribution in [3.8, 4) is 0 Å². The summed E-state index contributed by atoms with van der Waals surface area (Å²) in [4.78, 5) is 20.9. The van der Waals surface area contributed by atoms with Crippen molar-refractivity contribution < 1.29 is 14.3 Å². The van der Waals surface area contributed by atoms with E-state index in [0.29, 0.717) is 12.6 Å². The fourth-order valence-corrected chi connectivity index (χ4v) is 4.14. The van der Waals surface area contributed by atoms with Crippen LogP contribution in [0.25, 0.3) is 0 Å². The summed E-state index contributed by atoms with van der Waals surface area (Å²) in [5.41, 5.74) is 3.79. The SMILES string of the molecule is O=C(COCc1cncc2c1CCN([C@H]1CCOC1)C2)N1CCCC1. The molecule has 3 aliphatic heterocycles. The monoisotopic (exact) mass is 345 g/mol. The van der Waals surface area contributed by atoms with E-state index in [0.717, 1.165) is 70.6 Å². The average Bonchev–Trinajstić information content (AvgIpc) is 3.35. The topological polar surface area (TPSA) is 54.9 Å². The molecule has 3 aliphatic rings. The molecule has 4 heterocycles. The van der Waals surface area contributed by atoms with Gasteiger partial charge in [0.25, 0.3) is 0 Å². The van der Waals surface area contributed by atoms with Gasteiger partial charge in [-0.3, -0.25) is 14.7 Å². The Morgan fingerprint density at radius 1 is 1.28 bits per heavy atom. The number of aromatic nitrogens is 1. The third-order valence-corrected chi connectivity index (χ3v) is 5.62. The van der Waals surface area contributed by atoms with Gasteiger partial charge in [0.2, 0.25) is 5.91 Å². The number of pyridine rings is 1. The van der Waals surface area contributed by atoms with Crippen LogP contribution in [0, 0.1) is 0 Å². The lowest BCUT2D eigenvalue weighted by Crippen LogP contribution is -2.40. The fourth-order valence-electron chi connectivity index (χ4n) is 4.14. The summed E-state index contributed by atoms with van der Waals surface area (Å²) in [6, 6.07) is 0.547. The first-order valence-electron chi connectivity index (χ1n) is 9.43. The quantitative estimate of drug-likeness (QED) is 0.807. The molecular weight excluding hydrogens is 318 g/mol. The molecule has 0 radical (unpaired) electrons. The molecule has 2 saturated heterocycles. The third-order valence-electron chi connectivity index (χ3n) is 5.62. The highest BCUT2D eigenvalue weighted by Crippen LogP contribution is 2.25. The Bertz CT molecular complexity index is 610. The molecular formula is C19H27N3O3. The maximum Gasteiger partial charge on any atom is 0.248 e. The van der Waals surface area contributed by atoms with Gasteiger partial charge in [0.1, 0.15) is 6.61 Å². The summed E-state index contributed by atoms with van der Waals surface area (Å²) in [7, 11) is 0. The molecule has 2 fully saturated rings. The summed E-state index contributed by atoms with van der Waals surface area (Å²) < 4.78 is 11.2. The Morgan fingerprint density at radius 2 is 2.16 bits per heavy atom. The molecule has 1 aromatic heterocycles. The minimum atomic E-state index is 0.114. The predicted molar refractivity (Wildman–Crippen MR) is 93.0 cm³/mol. The van der Waals surface area contributed by atoms with E-state index in [2.05, 4.69) is 9.88 Å². The number of nitrogens with zero attached hydrogens (tertiary/aromatic N) is 3. The molecule has 0 unspecified atom stereocenters. The zero-order valence-corrected chi connectivity index (χ0v) is 14.8.